The van der Waals surface area contributed by atoms with Crippen LogP contribution in [0.5, 0.6) is 0 Å². The third-order valence-corrected chi connectivity index (χ3v) is 4.20. The molecule has 1 atom stereocenters. The molecule has 2 amide bonds. The van der Waals surface area contributed by atoms with Crippen LogP contribution in [0, 0.1) is 0 Å². The number of hydrogen-bond donors (Lipinski definition) is 2. The number of para-hydroxylation sites is 1. The molecule has 1 saturated heterocycles. The monoisotopic (exact) mass is 330 g/mol. The van der Waals surface area contributed by atoms with E-state index in [2.05, 4.69) is 10.6 Å². The quantitative estimate of drug-likeness (QED) is 0.882. The lowest BCUT2D eigenvalue weighted by Crippen LogP contribution is -2.45. The standard InChI is InChI=1S/C18H22N2O4/c1-2-23-11-13-12-7-3-4-9-15(12)24-16(13)18(22)20-14-8-5-6-10-19-17(14)21/h3-4,7,9,14H,2,5-6,8,10-11H2,1H3,(H,19,21)(H,20,22)/t14-/m1/s1. The van der Waals surface area contributed by atoms with Crippen LogP contribution >= 0.6 is 0 Å². The molecule has 0 radical (unpaired) electrons. The van der Waals surface area contributed by atoms with Gasteiger partial charge in [-0.2, -0.15) is 0 Å². The molecule has 2 N–H and O–H groups in total. The minimum Gasteiger partial charge on any atom is -0.451 e. The average Bonchev–Trinajstić information content (AvgIpc) is 2.85. The zero-order chi connectivity index (χ0) is 16.9. The van der Waals surface area contributed by atoms with Gasteiger partial charge in [-0.15, -0.1) is 0 Å². The van der Waals surface area contributed by atoms with E-state index in [9.17, 15) is 9.59 Å². The van der Waals surface area contributed by atoms with Crippen molar-refractivity contribution in [2.45, 2.75) is 38.8 Å². The van der Waals surface area contributed by atoms with E-state index in [4.69, 9.17) is 9.15 Å². The summed E-state index contributed by atoms with van der Waals surface area (Å²) >= 11 is 0. The van der Waals surface area contributed by atoms with Gasteiger partial charge in [0.05, 0.1) is 6.61 Å². The predicted molar refractivity (Wildman–Crippen MR) is 89.7 cm³/mol. The summed E-state index contributed by atoms with van der Waals surface area (Å²) in [4.78, 5) is 24.7. The van der Waals surface area contributed by atoms with E-state index < -0.39 is 6.04 Å². The fraction of sp³-hybridized carbons (Fsp3) is 0.444. The van der Waals surface area contributed by atoms with Crippen LogP contribution in [0.3, 0.4) is 0 Å². The van der Waals surface area contributed by atoms with E-state index in [1.807, 2.05) is 31.2 Å². The van der Waals surface area contributed by atoms with Crippen LogP contribution in [0.1, 0.15) is 42.3 Å². The number of fused-ring (bicyclic) bond motifs is 1. The van der Waals surface area contributed by atoms with Crippen molar-refractivity contribution in [3.63, 3.8) is 0 Å². The fourth-order valence-electron chi connectivity index (χ4n) is 2.93. The topological polar surface area (TPSA) is 80.6 Å². The van der Waals surface area contributed by atoms with Crippen LogP contribution in [-0.2, 0) is 16.1 Å². The summed E-state index contributed by atoms with van der Waals surface area (Å²) in [6.07, 6.45) is 2.46. The Morgan fingerprint density at radius 2 is 2.21 bits per heavy atom. The number of rotatable bonds is 5. The molecular formula is C18H22N2O4. The predicted octanol–water partition coefficient (Wildman–Crippen LogP) is 2.37. The molecule has 0 spiro atoms. The van der Waals surface area contributed by atoms with Gasteiger partial charge < -0.3 is 19.8 Å². The van der Waals surface area contributed by atoms with Crippen LogP contribution in [0.25, 0.3) is 11.0 Å². The molecular weight excluding hydrogens is 308 g/mol. The highest BCUT2D eigenvalue weighted by molar-refractivity contribution is 6.01. The normalized spacial score (nSPS) is 18.2. The van der Waals surface area contributed by atoms with Crippen molar-refractivity contribution in [2.75, 3.05) is 13.2 Å². The van der Waals surface area contributed by atoms with Crippen LogP contribution in [0.15, 0.2) is 28.7 Å². The molecule has 3 rings (SSSR count). The Labute approximate surface area is 140 Å². The number of carbonyl (C=O) groups excluding carboxylic acids is 2. The van der Waals surface area contributed by atoms with Gasteiger partial charge in [-0.3, -0.25) is 9.59 Å². The molecule has 2 aromatic rings. The second kappa shape index (κ2) is 7.49. The average molecular weight is 330 g/mol. The van der Waals surface area contributed by atoms with Crippen LogP contribution in [-0.4, -0.2) is 31.0 Å². The summed E-state index contributed by atoms with van der Waals surface area (Å²) in [6, 6.07) is 6.96. The largest absolute Gasteiger partial charge is 0.451 e. The first-order chi connectivity index (χ1) is 11.7. The Balaban J connectivity index is 1.86. The molecule has 1 aliphatic rings. The Morgan fingerprint density at radius 3 is 3.04 bits per heavy atom. The van der Waals surface area contributed by atoms with Crippen molar-refractivity contribution in [1.29, 1.82) is 0 Å². The highest BCUT2D eigenvalue weighted by Gasteiger charge is 2.26. The van der Waals surface area contributed by atoms with Crippen molar-refractivity contribution >= 4 is 22.8 Å². The van der Waals surface area contributed by atoms with Gasteiger partial charge in [0.25, 0.3) is 5.91 Å². The van der Waals surface area contributed by atoms with E-state index in [1.165, 1.54) is 0 Å². The first-order valence-electron chi connectivity index (χ1n) is 8.37. The molecule has 1 fully saturated rings. The molecule has 2 heterocycles. The highest BCUT2D eigenvalue weighted by Crippen LogP contribution is 2.27. The lowest BCUT2D eigenvalue weighted by molar-refractivity contribution is -0.122. The summed E-state index contributed by atoms with van der Waals surface area (Å²) in [7, 11) is 0. The number of carbonyl (C=O) groups is 2. The summed E-state index contributed by atoms with van der Waals surface area (Å²) in [5, 5.41) is 6.48. The van der Waals surface area contributed by atoms with Crippen molar-refractivity contribution in [3.8, 4) is 0 Å². The Hall–Kier alpha value is -2.34. The first kappa shape index (κ1) is 16.5. The molecule has 128 valence electrons. The molecule has 24 heavy (non-hydrogen) atoms. The number of hydrogen-bond acceptors (Lipinski definition) is 4. The maximum atomic E-state index is 12.7. The molecule has 1 aromatic heterocycles. The van der Waals surface area contributed by atoms with Gasteiger partial charge in [0, 0.05) is 24.1 Å². The summed E-state index contributed by atoms with van der Waals surface area (Å²) in [6.45, 7) is 3.40. The van der Waals surface area contributed by atoms with Gasteiger partial charge in [0.2, 0.25) is 5.91 Å². The molecule has 6 nitrogen and oxygen atoms in total. The minimum absolute atomic E-state index is 0.136. The molecule has 0 aliphatic carbocycles. The van der Waals surface area contributed by atoms with Crippen molar-refractivity contribution < 1.29 is 18.7 Å². The first-order valence-corrected chi connectivity index (χ1v) is 8.37. The number of nitrogens with one attached hydrogen (secondary N) is 2. The third-order valence-electron chi connectivity index (χ3n) is 4.20. The van der Waals surface area contributed by atoms with E-state index in [-0.39, 0.29) is 17.6 Å². The van der Waals surface area contributed by atoms with Gasteiger partial charge in [-0.1, -0.05) is 18.2 Å². The number of furan rings is 1. The fourth-order valence-corrected chi connectivity index (χ4v) is 2.93. The van der Waals surface area contributed by atoms with Crippen molar-refractivity contribution in [2.24, 2.45) is 0 Å². The second-order valence-corrected chi connectivity index (χ2v) is 5.86. The summed E-state index contributed by atoms with van der Waals surface area (Å²) in [5.74, 6) is -0.284. The highest BCUT2D eigenvalue weighted by atomic mass is 16.5. The second-order valence-electron chi connectivity index (χ2n) is 5.86. The Bertz CT molecular complexity index is 738. The van der Waals surface area contributed by atoms with Crippen LogP contribution in [0.4, 0.5) is 0 Å². The van der Waals surface area contributed by atoms with Crippen molar-refractivity contribution in [1.82, 2.24) is 10.6 Å². The smallest absolute Gasteiger partial charge is 0.288 e. The Kier molecular flexibility index (Phi) is 5.15. The maximum absolute atomic E-state index is 12.7. The molecule has 1 aromatic carbocycles. The summed E-state index contributed by atoms with van der Waals surface area (Å²) < 4.78 is 11.2. The minimum atomic E-state index is -0.520. The van der Waals surface area contributed by atoms with Crippen molar-refractivity contribution in [3.05, 3.63) is 35.6 Å². The molecule has 1 aliphatic heterocycles. The molecule has 0 bridgehead atoms. The number of amides is 2. The zero-order valence-electron chi connectivity index (χ0n) is 13.8. The van der Waals surface area contributed by atoms with E-state index >= 15 is 0 Å². The Morgan fingerprint density at radius 1 is 1.38 bits per heavy atom. The number of benzene rings is 1. The number of ether oxygens (including phenoxy) is 1. The van der Waals surface area contributed by atoms with Gasteiger partial charge in [-0.05, 0) is 32.3 Å². The van der Waals surface area contributed by atoms with E-state index in [0.717, 1.165) is 23.8 Å². The van der Waals surface area contributed by atoms with Gasteiger partial charge in [0.15, 0.2) is 5.76 Å². The van der Waals surface area contributed by atoms with Gasteiger partial charge >= 0.3 is 0 Å². The SMILES string of the molecule is CCOCc1c(C(=O)N[C@@H]2CCCCNC2=O)oc2ccccc12. The summed E-state index contributed by atoms with van der Waals surface area (Å²) in [5.41, 5.74) is 1.36. The molecule has 0 unspecified atom stereocenters. The van der Waals surface area contributed by atoms with E-state index in [0.29, 0.717) is 31.8 Å². The molecule has 6 heteroatoms. The van der Waals surface area contributed by atoms with Gasteiger partial charge in [0.1, 0.15) is 11.6 Å². The van der Waals surface area contributed by atoms with Crippen LogP contribution in [0.2, 0.25) is 0 Å². The third kappa shape index (κ3) is 3.43. The molecule has 0 saturated carbocycles. The van der Waals surface area contributed by atoms with Gasteiger partial charge in [-0.25, -0.2) is 0 Å². The lowest BCUT2D eigenvalue weighted by atomic mass is 10.1. The zero-order valence-corrected chi connectivity index (χ0v) is 13.8. The lowest BCUT2D eigenvalue weighted by Gasteiger charge is -2.14. The van der Waals surface area contributed by atoms with Crippen LogP contribution < -0.4 is 10.6 Å². The maximum Gasteiger partial charge on any atom is 0.288 e. The van der Waals surface area contributed by atoms with E-state index in [1.54, 1.807) is 0 Å².